The second-order valence-electron chi connectivity index (χ2n) is 6.24. The fourth-order valence-electron chi connectivity index (χ4n) is 2.28. The van der Waals surface area contributed by atoms with Gasteiger partial charge in [-0.05, 0) is 57.4 Å². The lowest BCUT2D eigenvalue weighted by molar-refractivity contribution is -0.137. The summed E-state index contributed by atoms with van der Waals surface area (Å²) in [7, 11) is 3.78. The summed E-state index contributed by atoms with van der Waals surface area (Å²) in [5.74, 6) is 1.39. The van der Waals surface area contributed by atoms with E-state index in [1.807, 2.05) is 32.0 Å². The Morgan fingerprint density at radius 3 is 2.23 bits per heavy atom. The van der Waals surface area contributed by atoms with Gasteiger partial charge in [0.05, 0.1) is 12.1 Å². The molecule has 0 atom stereocenters. The molecule has 0 saturated carbocycles. The second-order valence-corrected chi connectivity index (χ2v) is 6.24. The highest BCUT2D eigenvalue weighted by atomic mass is 19.4. The first-order valence-corrected chi connectivity index (χ1v) is 8.08. The Balaban J connectivity index is 2.07. The molecular weight excluding hydrogens is 347 g/mol. The van der Waals surface area contributed by atoms with Gasteiger partial charge in [0.15, 0.2) is 0 Å². The van der Waals surface area contributed by atoms with Crippen LogP contribution in [0.4, 0.5) is 23.7 Å². The van der Waals surface area contributed by atoms with E-state index in [4.69, 9.17) is 4.42 Å². The molecule has 8 heteroatoms. The van der Waals surface area contributed by atoms with Gasteiger partial charge in [0.2, 0.25) is 0 Å². The molecular formula is C18H22F3N3O2. The average Bonchev–Trinajstić information content (AvgIpc) is 2.96. The summed E-state index contributed by atoms with van der Waals surface area (Å²) in [6.07, 6.45) is -4.41. The number of hydrogen-bond acceptors (Lipinski definition) is 3. The van der Waals surface area contributed by atoms with E-state index in [2.05, 4.69) is 5.32 Å². The number of alkyl halides is 3. The van der Waals surface area contributed by atoms with Gasteiger partial charge in [-0.1, -0.05) is 0 Å². The van der Waals surface area contributed by atoms with E-state index in [0.717, 1.165) is 17.9 Å². The molecule has 2 aromatic rings. The predicted octanol–water partition coefficient (Wildman–Crippen LogP) is 4.20. The van der Waals surface area contributed by atoms with Crippen molar-refractivity contribution in [1.29, 1.82) is 0 Å². The molecule has 1 aromatic carbocycles. The molecule has 1 N–H and O–H groups in total. The van der Waals surface area contributed by atoms with Crippen LogP contribution in [0.15, 0.2) is 40.8 Å². The second kappa shape index (κ2) is 8.27. The summed E-state index contributed by atoms with van der Waals surface area (Å²) in [6, 6.07) is 7.56. The van der Waals surface area contributed by atoms with Crippen molar-refractivity contribution in [1.82, 2.24) is 9.80 Å². The number of furan rings is 1. The van der Waals surface area contributed by atoms with Crippen LogP contribution in [-0.4, -0.2) is 43.0 Å². The lowest BCUT2D eigenvalue weighted by Crippen LogP contribution is -2.38. The first-order valence-electron chi connectivity index (χ1n) is 8.08. The predicted molar refractivity (Wildman–Crippen MR) is 92.9 cm³/mol. The zero-order valence-corrected chi connectivity index (χ0v) is 14.9. The number of carbonyl (C=O) groups excluding carboxylic acids is 1. The Labute approximate surface area is 150 Å². The molecule has 5 nitrogen and oxygen atoms in total. The number of amides is 2. The minimum atomic E-state index is -4.41. The summed E-state index contributed by atoms with van der Waals surface area (Å²) >= 11 is 0. The van der Waals surface area contributed by atoms with E-state index in [0.29, 0.717) is 24.5 Å². The van der Waals surface area contributed by atoms with Crippen LogP contribution in [-0.2, 0) is 12.7 Å². The van der Waals surface area contributed by atoms with Crippen LogP contribution in [0.1, 0.15) is 17.1 Å². The fraction of sp³-hybridized carbons (Fsp3) is 0.389. The molecule has 0 saturated heterocycles. The SMILES string of the molecule is Cc1ccc(CN(CCN(C)C)C(=O)Nc2ccc(C(F)(F)F)cc2)o1. The third kappa shape index (κ3) is 5.80. The van der Waals surface area contributed by atoms with Gasteiger partial charge in [0, 0.05) is 18.8 Å². The largest absolute Gasteiger partial charge is 0.464 e. The number of carbonyl (C=O) groups is 1. The minimum Gasteiger partial charge on any atom is -0.464 e. The van der Waals surface area contributed by atoms with Crippen molar-refractivity contribution in [3.8, 4) is 0 Å². The Morgan fingerprint density at radius 1 is 1.08 bits per heavy atom. The van der Waals surface area contributed by atoms with Crippen LogP contribution in [0.3, 0.4) is 0 Å². The molecule has 0 aliphatic carbocycles. The summed E-state index contributed by atoms with van der Waals surface area (Å²) in [4.78, 5) is 16.0. The molecule has 0 bridgehead atoms. The van der Waals surface area contributed by atoms with E-state index >= 15 is 0 Å². The maximum Gasteiger partial charge on any atom is 0.416 e. The number of nitrogens with zero attached hydrogens (tertiary/aromatic N) is 2. The maximum atomic E-state index is 12.6. The molecule has 0 fully saturated rings. The summed E-state index contributed by atoms with van der Waals surface area (Å²) in [6.45, 7) is 3.17. The Hall–Kier alpha value is -2.48. The quantitative estimate of drug-likeness (QED) is 0.830. The third-order valence-electron chi connectivity index (χ3n) is 3.71. The number of nitrogens with one attached hydrogen (secondary N) is 1. The fourth-order valence-corrected chi connectivity index (χ4v) is 2.28. The van der Waals surface area contributed by atoms with Crippen LogP contribution in [0.5, 0.6) is 0 Å². The van der Waals surface area contributed by atoms with Crippen LogP contribution < -0.4 is 5.32 Å². The molecule has 2 rings (SSSR count). The van der Waals surface area contributed by atoms with Crippen LogP contribution in [0.25, 0.3) is 0 Å². The summed E-state index contributed by atoms with van der Waals surface area (Å²) in [5, 5.41) is 2.63. The van der Waals surface area contributed by atoms with Gasteiger partial charge >= 0.3 is 12.2 Å². The lowest BCUT2D eigenvalue weighted by atomic mass is 10.2. The smallest absolute Gasteiger partial charge is 0.416 e. The molecule has 0 spiro atoms. The van der Waals surface area contributed by atoms with Crippen molar-refractivity contribution in [2.45, 2.75) is 19.6 Å². The number of rotatable bonds is 6. The molecule has 1 aromatic heterocycles. The van der Waals surface area contributed by atoms with Crippen LogP contribution in [0.2, 0.25) is 0 Å². The highest BCUT2D eigenvalue weighted by Gasteiger charge is 2.30. The Morgan fingerprint density at radius 2 is 1.73 bits per heavy atom. The van der Waals surface area contributed by atoms with Crippen molar-refractivity contribution >= 4 is 11.7 Å². The Bertz CT molecular complexity index is 724. The standard InChI is InChI=1S/C18H22F3N3O2/c1-13-4-9-16(26-13)12-24(11-10-23(2)3)17(25)22-15-7-5-14(6-8-15)18(19,20)21/h4-9H,10-12H2,1-3H3,(H,22,25). The van der Waals surface area contributed by atoms with Gasteiger partial charge in [-0.2, -0.15) is 13.2 Å². The number of benzene rings is 1. The number of hydrogen-bond donors (Lipinski definition) is 1. The minimum absolute atomic E-state index is 0.272. The molecule has 0 unspecified atom stereocenters. The van der Waals surface area contributed by atoms with Gasteiger partial charge in [0.25, 0.3) is 0 Å². The highest BCUT2D eigenvalue weighted by Crippen LogP contribution is 2.29. The summed E-state index contributed by atoms with van der Waals surface area (Å²) < 4.78 is 43.4. The van der Waals surface area contributed by atoms with Gasteiger partial charge in [-0.3, -0.25) is 0 Å². The zero-order valence-electron chi connectivity index (χ0n) is 14.9. The van der Waals surface area contributed by atoms with Gasteiger partial charge < -0.3 is 19.5 Å². The third-order valence-corrected chi connectivity index (χ3v) is 3.71. The Kier molecular flexibility index (Phi) is 6.31. The first-order chi connectivity index (χ1) is 12.1. The molecule has 142 valence electrons. The van der Waals surface area contributed by atoms with Crippen molar-refractivity contribution in [2.24, 2.45) is 0 Å². The maximum absolute atomic E-state index is 12.6. The molecule has 0 aliphatic rings. The molecule has 2 amide bonds. The van der Waals surface area contributed by atoms with Crippen LogP contribution in [0, 0.1) is 6.92 Å². The van der Waals surface area contributed by atoms with Crippen molar-refractivity contribution in [3.63, 3.8) is 0 Å². The van der Waals surface area contributed by atoms with Crippen molar-refractivity contribution < 1.29 is 22.4 Å². The molecule has 0 aliphatic heterocycles. The number of urea groups is 1. The highest BCUT2D eigenvalue weighted by molar-refractivity contribution is 5.89. The molecule has 26 heavy (non-hydrogen) atoms. The van der Waals surface area contributed by atoms with Gasteiger partial charge in [0.1, 0.15) is 11.5 Å². The number of anilines is 1. The van der Waals surface area contributed by atoms with E-state index in [1.54, 1.807) is 11.0 Å². The first kappa shape index (κ1) is 19.8. The molecule has 0 radical (unpaired) electrons. The van der Waals surface area contributed by atoms with E-state index in [9.17, 15) is 18.0 Å². The van der Waals surface area contributed by atoms with Crippen molar-refractivity contribution in [2.75, 3.05) is 32.5 Å². The average molecular weight is 369 g/mol. The normalized spacial score (nSPS) is 11.7. The van der Waals surface area contributed by atoms with E-state index < -0.39 is 17.8 Å². The zero-order chi connectivity index (χ0) is 19.3. The van der Waals surface area contributed by atoms with Crippen LogP contribution >= 0.6 is 0 Å². The van der Waals surface area contributed by atoms with Crippen molar-refractivity contribution in [3.05, 3.63) is 53.5 Å². The monoisotopic (exact) mass is 369 g/mol. The van der Waals surface area contributed by atoms with Gasteiger partial charge in [-0.15, -0.1) is 0 Å². The van der Waals surface area contributed by atoms with E-state index in [1.165, 1.54) is 12.1 Å². The number of halogens is 3. The topological polar surface area (TPSA) is 48.7 Å². The molecule has 1 heterocycles. The number of likely N-dealkylation sites (N-methyl/N-ethyl adjacent to an activating group) is 1. The van der Waals surface area contributed by atoms with Gasteiger partial charge in [-0.25, -0.2) is 4.79 Å². The van der Waals surface area contributed by atoms with E-state index in [-0.39, 0.29) is 6.54 Å². The number of aryl methyl sites for hydroxylation is 1. The lowest BCUT2D eigenvalue weighted by Gasteiger charge is -2.24. The summed E-state index contributed by atoms with van der Waals surface area (Å²) in [5.41, 5.74) is -0.459.